The SMILES string of the molecule is COc1ccc(/C=C2\SC(=O)N(Cc3ccccc3Cl)C2=O)cc1OS(=O)(=O)c1ccc(C)cc1. The molecule has 1 aliphatic heterocycles. The summed E-state index contributed by atoms with van der Waals surface area (Å²) in [5, 5.41) is 0.0374. The average Bonchev–Trinajstić information content (AvgIpc) is 3.08. The van der Waals surface area contributed by atoms with Gasteiger partial charge in [0.2, 0.25) is 0 Å². The molecule has 0 saturated carbocycles. The fourth-order valence-electron chi connectivity index (χ4n) is 3.30. The Balaban J connectivity index is 1.60. The molecule has 2 amide bonds. The van der Waals surface area contributed by atoms with Crippen LogP contribution in [-0.4, -0.2) is 31.6 Å². The Morgan fingerprint density at radius 3 is 2.40 bits per heavy atom. The van der Waals surface area contributed by atoms with Crippen molar-refractivity contribution >= 4 is 50.7 Å². The van der Waals surface area contributed by atoms with Crippen molar-refractivity contribution < 1.29 is 26.9 Å². The topological polar surface area (TPSA) is 90.0 Å². The van der Waals surface area contributed by atoms with Crippen LogP contribution in [0.3, 0.4) is 0 Å². The minimum absolute atomic E-state index is 0.00347. The Morgan fingerprint density at radius 2 is 1.71 bits per heavy atom. The van der Waals surface area contributed by atoms with E-state index in [0.29, 0.717) is 16.1 Å². The monoisotopic (exact) mass is 529 g/mol. The largest absolute Gasteiger partial charge is 0.493 e. The molecule has 4 rings (SSSR count). The van der Waals surface area contributed by atoms with Gasteiger partial charge in [0, 0.05) is 5.02 Å². The summed E-state index contributed by atoms with van der Waals surface area (Å²) in [5.41, 5.74) is 2.02. The van der Waals surface area contributed by atoms with Crippen LogP contribution in [0.15, 0.2) is 76.5 Å². The predicted octanol–water partition coefficient (Wildman–Crippen LogP) is 5.66. The fourth-order valence-corrected chi connectivity index (χ4v) is 5.27. The van der Waals surface area contributed by atoms with Gasteiger partial charge in [-0.1, -0.05) is 53.6 Å². The minimum atomic E-state index is -4.12. The number of carbonyl (C=O) groups is 2. The number of thioether (sulfide) groups is 1. The van der Waals surface area contributed by atoms with E-state index in [2.05, 4.69) is 0 Å². The highest BCUT2D eigenvalue weighted by Crippen LogP contribution is 2.36. The van der Waals surface area contributed by atoms with Gasteiger partial charge < -0.3 is 8.92 Å². The number of methoxy groups -OCH3 is 1. The number of aryl methyl sites for hydroxylation is 1. The molecule has 35 heavy (non-hydrogen) atoms. The van der Waals surface area contributed by atoms with Crippen molar-refractivity contribution in [3.8, 4) is 11.5 Å². The van der Waals surface area contributed by atoms with E-state index in [9.17, 15) is 18.0 Å². The molecular formula is C25H20ClNO6S2. The van der Waals surface area contributed by atoms with Gasteiger partial charge in [0.05, 0.1) is 18.6 Å². The normalized spacial score (nSPS) is 15.1. The quantitative estimate of drug-likeness (QED) is 0.288. The Bertz CT molecular complexity index is 1430. The maximum Gasteiger partial charge on any atom is 0.339 e. The van der Waals surface area contributed by atoms with Gasteiger partial charge in [-0.15, -0.1) is 0 Å². The van der Waals surface area contributed by atoms with Crippen molar-refractivity contribution in [2.45, 2.75) is 18.4 Å². The van der Waals surface area contributed by atoms with E-state index < -0.39 is 21.3 Å². The Hall–Kier alpha value is -3.27. The number of nitrogens with zero attached hydrogens (tertiary/aromatic N) is 1. The summed E-state index contributed by atoms with van der Waals surface area (Å²) in [6.45, 7) is 1.90. The number of halogens is 1. The first kappa shape index (κ1) is 24.8. The Labute approximate surface area is 212 Å². The van der Waals surface area contributed by atoms with E-state index in [-0.39, 0.29) is 27.8 Å². The molecule has 1 saturated heterocycles. The Kier molecular flexibility index (Phi) is 7.20. The molecular weight excluding hydrogens is 510 g/mol. The summed E-state index contributed by atoms with van der Waals surface area (Å²) in [4.78, 5) is 26.7. The van der Waals surface area contributed by atoms with Crippen molar-refractivity contribution in [2.24, 2.45) is 0 Å². The van der Waals surface area contributed by atoms with Crippen LogP contribution < -0.4 is 8.92 Å². The van der Waals surface area contributed by atoms with E-state index in [1.165, 1.54) is 37.5 Å². The van der Waals surface area contributed by atoms with Crippen LogP contribution in [0.2, 0.25) is 5.02 Å². The second kappa shape index (κ2) is 10.2. The van der Waals surface area contributed by atoms with Gasteiger partial charge in [-0.05, 0) is 66.2 Å². The van der Waals surface area contributed by atoms with Crippen molar-refractivity contribution in [2.75, 3.05) is 7.11 Å². The third kappa shape index (κ3) is 5.53. The molecule has 0 bridgehead atoms. The van der Waals surface area contributed by atoms with Gasteiger partial charge in [-0.3, -0.25) is 14.5 Å². The lowest BCUT2D eigenvalue weighted by molar-refractivity contribution is -0.123. The minimum Gasteiger partial charge on any atom is -0.493 e. The lowest BCUT2D eigenvalue weighted by Crippen LogP contribution is -2.27. The molecule has 1 aliphatic rings. The van der Waals surface area contributed by atoms with Crippen molar-refractivity contribution in [3.05, 3.63) is 93.3 Å². The van der Waals surface area contributed by atoms with Crippen LogP contribution in [0.1, 0.15) is 16.7 Å². The van der Waals surface area contributed by atoms with Crippen LogP contribution in [0.25, 0.3) is 6.08 Å². The maximum absolute atomic E-state index is 12.9. The molecule has 0 aliphatic carbocycles. The highest BCUT2D eigenvalue weighted by molar-refractivity contribution is 8.18. The molecule has 1 fully saturated rings. The van der Waals surface area contributed by atoms with Crippen LogP contribution in [0, 0.1) is 6.92 Å². The summed E-state index contributed by atoms with van der Waals surface area (Å²) in [5.74, 6) is -0.313. The average molecular weight is 530 g/mol. The van der Waals surface area contributed by atoms with Gasteiger partial charge >= 0.3 is 10.1 Å². The predicted molar refractivity (Wildman–Crippen MR) is 135 cm³/mol. The first-order chi connectivity index (χ1) is 16.7. The fraction of sp³-hybridized carbons (Fsp3) is 0.120. The number of benzene rings is 3. The van der Waals surface area contributed by atoms with Gasteiger partial charge in [0.15, 0.2) is 11.5 Å². The molecule has 7 nitrogen and oxygen atoms in total. The molecule has 0 aromatic heterocycles. The third-order valence-corrected chi connectivity index (χ3v) is 7.68. The number of imide groups is 1. The molecule has 10 heteroatoms. The molecule has 0 atom stereocenters. The van der Waals surface area contributed by atoms with E-state index in [1.54, 1.807) is 42.5 Å². The van der Waals surface area contributed by atoms with Crippen molar-refractivity contribution in [1.29, 1.82) is 0 Å². The zero-order valence-corrected chi connectivity index (χ0v) is 21.1. The zero-order chi connectivity index (χ0) is 25.2. The number of rotatable bonds is 7. The molecule has 180 valence electrons. The van der Waals surface area contributed by atoms with E-state index in [4.69, 9.17) is 20.5 Å². The highest BCUT2D eigenvalue weighted by Gasteiger charge is 2.35. The molecule has 0 radical (unpaired) electrons. The maximum atomic E-state index is 12.9. The standard InChI is InChI=1S/C25H20ClNO6S2/c1-16-7-10-19(11-8-16)35(30,31)33-22-13-17(9-12-21(22)32-2)14-23-24(28)27(25(29)34-23)15-18-5-3-4-6-20(18)26/h3-14H,15H2,1-2H3/b23-14-. The highest BCUT2D eigenvalue weighted by atomic mass is 35.5. The number of ether oxygens (including phenoxy) is 1. The number of amides is 2. The van der Waals surface area contributed by atoms with Gasteiger partial charge in [0.25, 0.3) is 11.1 Å². The van der Waals surface area contributed by atoms with Crippen LogP contribution in [0.5, 0.6) is 11.5 Å². The molecule has 0 spiro atoms. The summed E-state index contributed by atoms with van der Waals surface area (Å²) in [7, 11) is -2.73. The molecule has 3 aromatic rings. The van der Waals surface area contributed by atoms with Gasteiger partial charge in [-0.2, -0.15) is 8.42 Å². The smallest absolute Gasteiger partial charge is 0.339 e. The van der Waals surface area contributed by atoms with Crippen molar-refractivity contribution in [1.82, 2.24) is 4.90 Å². The summed E-state index contributed by atoms with van der Waals surface area (Å²) in [6.07, 6.45) is 1.50. The number of carbonyl (C=O) groups excluding carboxylic acids is 2. The van der Waals surface area contributed by atoms with Crippen LogP contribution in [0.4, 0.5) is 4.79 Å². The third-order valence-electron chi connectivity index (χ3n) is 5.15. The van der Waals surface area contributed by atoms with E-state index in [0.717, 1.165) is 22.2 Å². The summed E-state index contributed by atoms with van der Waals surface area (Å²) >= 11 is 6.96. The first-order valence-electron chi connectivity index (χ1n) is 10.4. The van der Waals surface area contributed by atoms with E-state index in [1.807, 2.05) is 6.92 Å². The van der Waals surface area contributed by atoms with Gasteiger partial charge in [-0.25, -0.2) is 0 Å². The first-order valence-corrected chi connectivity index (χ1v) is 13.0. The lowest BCUT2D eigenvalue weighted by atomic mass is 10.1. The second-order valence-corrected chi connectivity index (χ2v) is 10.6. The lowest BCUT2D eigenvalue weighted by Gasteiger charge is -2.13. The molecule has 0 N–H and O–H groups in total. The van der Waals surface area contributed by atoms with Crippen LogP contribution >= 0.6 is 23.4 Å². The zero-order valence-electron chi connectivity index (χ0n) is 18.7. The summed E-state index contributed by atoms with van der Waals surface area (Å²) < 4.78 is 36.1. The van der Waals surface area contributed by atoms with Gasteiger partial charge in [0.1, 0.15) is 4.90 Å². The molecule has 3 aromatic carbocycles. The second-order valence-electron chi connectivity index (χ2n) is 7.62. The van der Waals surface area contributed by atoms with Crippen molar-refractivity contribution in [3.63, 3.8) is 0 Å². The number of hydrogen-bond donors (Lipinski definition) is 0. The van der Waals surface area contributed by atoms with Crippen LogP contribution in [-0.2, 0) is 21.5 Å². The Morgan fingerprint density at radius 1 is 1.00 bits per heavy atom. The summed E-state index contributed by atoms with van der Waals surface area (Å²) in [6, 6.07) is 17.8. The van der Waals surface area contributed by atoms with E-state index >= 15 is 0 Å². The molecule has 0 unspecified atom stereocenters. The molecule has 1 heterocycles. The number of hydrogen-bond acceptors (Lipinski definition) is 7.